The predicted molar refractivity (Wildman–Crippen MR) is 153 cm³/mol. The number of rotatable bonds is 7. The third-order valence-electron chi connectivity index (χ3n) is 6.61. The van der Waals surface area contributed by atoms with Gasteiger partial charge in [-0.1, -0.05) is 30.3 Å². The number of para-hydroxylation sites is 1. The van der Waals surface area contributed by atoms with Gasteiger partial charge in [0.1, 0.15) is 23.3 Å². The van der Waals surface area contributed by atoms with Gasteiger partial charge in [0, 0.05) is 35.5 Å². The van der Waals surface area contributed by atoms with Crippen LogP contribution < -0.4 is 19.7 Å². The molecule has 6 rings (SSSR count). The van der Waals surface area contributed by atoms with Crippen molar-refractivity contribution in [1.29, 1.82) is 0 Å². The van der Waals surface area contributed by atoms with Gasteiger partial charge in [0.2, 0.25) is 0 Å². The normalized spacial score (nSPS) is 16.8. The Bertz CT molecular complexity index is 1540. The van der Waals surface area contributed by atoms with Gasteiger partial charge >= 0.3 is 0 Å². The van der Waals surface area contributed by atoms with Crippen LogP contribution in [0.25, 0.3) is 5.69 Å². The van der Waals surface area contributed by atoms with Crippen LogP contribution in [0.1, 0.15) is 23.5 Å². The molecule has 6 nitrogen and oxygen atoms in total. The second kappa shape index (κ2) is 10.4. The van der Waals surface area contributed by atoms with E-state index in [4.69, 9.17) is 21.7 Å². The Morgan fingerprint density at radius 1 is 0.763 bits per heavy atom. The highest BCUT2D eigenvalue weighted by Gasteiger charge is 2.42. The molecule has 188 valence electrons. The summed E-state index contributed by atoms with van der Waals surface area (Å²) in [5, 5.41) is 4.18. The fourth-order valence-corrected chi connectivity index (χ4v) is 5.21. The molecule has 0 radical (unpaired) electrons. The van der Waals surface area contributed by atoms with E-state index in [1.807, 2.05) is 97.2 Å². The van der Waals surface area contributed by atoms with E-state index in [0.717, 1.165) is 40.0 Å². The Hall–Kier alpha value is -4.62. The van der Waals surface area contributed by atoms with Crippen molar-refractivity contribution in [3.05, 3.63) is 133 Å². The molecule has 38 heavy (non-hydrogen) atoms. The van der Waals surface area contributed by atoms with Crippen LogP contribution in [0.3, 0.4) is 0 Å². The lowest BCUT2D eigenvalue weighted by Gasteiger charge is -2.29. The molecule has 2 atom stereocenters. The topological polar surface area (TPSA) is 51.5 Å². The number of thiocarbonyl (C=S) groups is 1. The zero-order chi connectivity index (χ0) is 25.9. The number of methoxy groups -OCH3 is 1. The second-order valence-corrected chi connectivity index (χ2v) is 9.30. The highest BCUT2D eigenvalue weighted by Crippen LogP contribution is 2.42. The van der Waals surface area contributed by atoms with Crippen LogP contribution in [0.4, 0.5) is 5.69 Å². The Labute approximate surface area is 227 Å². The van der Waals surface area contributed by atoms with Crippen molar-refractivity contribution >= 4 is 23.0 Å². The fourth-order valence-electron chi connectivity index (χ4n) is 4.86. The summed E-state index contributed by atoms with van der Waals surface area (Å²) in [5.74, 6) is 2.35. The van der Waals surface area contributed by atoms with Gasteiger partial charge in [-0.15, -0.1) is 0 Å². The fraction of sp³-hybridized carbons (Fsp3) is 0.0968. The summed E-state index contributed by atoms with van der Waals surface area (Å²) in [7, 11) is 1.68. The molecular weight excluding hydrogens is 492 g/mol. The average molecular weight is 519 g/mol. The lowest BCUT2D eigenvalue weighted by Crippen LogP contribution is -2.30. The van der Waals surface area contributed by atoms with E-state index in [-0.39, 0.29) is 12.1 Å². The van der Waals surface area contributed by atoms with Crippen LogP contribution >= 0.6 is 12.2 Å². The molecular formula is C31H26N4O2S. The highest BCUT2D eigenvalue weighted by atomic mass is 32.1. The van der Waals surface area contributed by atoms with Crippen LogP contribution in [0.15, 0.2) is 122 Å². The summed E-state index contributed by atoms with van der Waals surface area (Å²) in [5.41, 5.74) is 3.97. The van der Waals surface area contributed by atoms with Crippen molar-refractivity contribution in [3.8, 4) is 22.9 Å². The number of hydrogen-bond acceptors (Lipinski definition) is 4. The van der Waals surface area contributed by atoms with Crippen LogP contribution in [-0.4, -0.2) is 21.8 Å². The summed E-state index contributed by atoms with van der Waals surface area (Å²) in [6.07, 6.45) is 3.88. The van der Waals surface area contributed by atoms with Crippen molar-refractivity contribution in [1.82, 2.24) is 14.9 Å². The minimum absolute atomic E-state index is 0.150. The zero-order valence-corrected chi connectivity index (χ0v) is 21.6. The maximum Gasteiger partial charge on any atom is 0.174 e. The summed E-state index contributed by atoms with van der Waals surface area (Å²) < 4.78 is 13.7. The van der Waals surface area contributed by atoms with Crippen molar-refractivity contribution in [2.75, 3.05) is 12.0 Å². The quantitative estimate of drug-likeness (QED) is 0.238. The number of hydrogen-bond donors (Lipinski definition) is 1. The molecule has 0 aliphatic carbocycles. The maximum atomic E-state index is 6.02. The summed E-state index contributed by atoms with van der Waals surface area (Å²) in [6.45, 7) is 0. The molecule has 1 fully saturated rings. The minimum atomic E-state index is -0.153. The maximum absolute atomic E-state index is 6.02. The molecule has 1 aliphatic heterocycles. The zero-order valence-electron chi connectivity index (χ0n) is 20.8. The van der Waals surface area contributed by atoms with Crippen molar-refractivity contribution in [3.63, 3.8) is 0 Å². The molecule has 1 N–H and O–H groups in total. The van der Waals surface area contributed by atoms with E-state index in [9.17, 15) is 0 Å². The summed E-state index contributed by atoms with van der Waals surface area (Å²) in [4.78, 5) is 6.84. The van der Waals surface area contributed by atoms with E-state index in [2.05, 4.69) is 44.2 Å². The van der Waals surface area contributed by atoms with E-state index >= 15 is 0 Å². The molecule has 7 heteroatoms. The third-order valence-corrected chi connectivity index (χ3v) is 6.92. The summed E-state index contributed by atoms with van der Waals surface area (Å²) in [6, 6.07) is 35.7. The van der Waals surface area contributed by atoms with Crippen molar-refractivity contribution in [2.24, 2.45) is 0 Å². The van der Waals surface area contributed by atoms with Gasteiger partial charge in [0.05, 0.1) is 18.8 Å². The SMILES string of the molecule is COc1cccc(-n2cccc2C2C(c3ccccn3)NC(=S)N2c2ccc(Oc3ccccc3)cc2)c1. The molecule has 1 aliphatic rings. The van der Waals surface area contributed by atoms with Gasteiger partial charge in [-0.05, 0) is 85.0 Å². The van der Waals surface area contributed by atoms with Crippen LogP contribution in [0.5, 0.6) is 17.2 Å². The van der Waals surface area contributed by atoms with Gasteiger partial charge in [-0.2, -0.15) is 0 Å². The second-order valence-electron chi connectivity index (χ2n) is 8.91. The molecule has 0 bridgehead atoms. The van der Waals surface area contributed by atoms with E-state index in [1.54, 1.807) is 7.11 Å². The number of aromatic nitrogens is 2. The van der Waals surface area contributed by atoms with Crippen LogP contribution in [-0.2, 0) is 0 Å². The van der Waals surface area contributed by atoms with E-state index < -0.39 is 0 Å². The summed E-state index contributed by atoms with van der Waals surface area (Å²) >= 11 is 5.91. The lowest BCUT2D eigenvalue weighted by molar-refractivity contribution is 0.414. The molecule has 3 aromatic carbocycles. The van der Waals surface area contributed by atoms with Crippen LogP contribution in [0.2, 0.25) is 0 Å². The number of nitrogens with zero attached hydrogens (tertiary/aromatic N) is 3. The number of benzene rings is 3. The molecule has 3 heterocycles. The van der Waals surface area contributed by atoms with Crippen molar-refractivity contribution < 1.29 is 9.47 Å². The Balaban J connectivity index is 1.40. The molecule has 0 saturated carbocycles. The minimum Gasteiger partial charge on any atom is -0.497 e. The predicted octanol–water partition coefficient (Wildman–Crippen LogP) is 6.85. The third kappa shape index (κ3) is 4.60. The Morgan fingerprint density at radius 3 is 2.29 bits per heavy atom. The number of pyridine rings is 1. The van der Waals surface area contributed by atoms with Crippen LogP contribution in [0, 0.1) is 0 Å². The van der Waals surface area contributed by atoms with E-state index in [1.165, 1.54) is 0 Å². The Morgan fingerprint density at radius 2 is 1.53 bits per heavy atom. The van der Waals surface area contributed by atoms with E-state index in [0.29, 0.717) is 5.11 Å². The highest BCUT2D eigenvalue weighted by molar-refractivity contribution is 7.80. The van der Waals surface area contributed by atoms with Crippen molar-refractivity contribution in [2.45, 2.75) is 12.1 Å². The number of nitrogens with one attached hydrogen (secondary N) is 1. The first-order valence-electron chi connectivity index (χ1n) is 12.4. The first kappa shape index (κ1) is 23.8. The number of anilines is 1. The smallest absolute Gasteiger partial charge is 0.174 e. The first-order chi connectivity index (χ1) is 18.7. The molecule has 0 spiro atoms. The lowest BCUT2D eigenvalue weighted by atomic mass is 10.0. The molecule has 5 aromatic rings. The molecule has 2 unspecified atom stereocenters. The Kier molecular flexibility index (Phi) is 6.50. The first-order valence-corrected chi connectivity index (χ1v) is 12.8. The monoisotopic (exact) mass is 518 g/mol. The largest absolute Gasteiger partial charge is 0.497 e. The average Bonchev–Trinajstić information content (AvgIpc) is 3.59. The van der Waals surface area contributed by atoms with Gasteiger partial charge < -0.3 is 24.3 Å². The molecule has 2 aromatic heterocycles. The number of ether oxygens (including phenoxy) is 2. The van der Waals surface area contributed by atoms with Gasteiger partial charge in [-0.25, -0.2) is 0 Å². The van der Waals surface area contributed by atoms with Gasteiger partial charge in [0.25, 0.3) is 0 Å². The molecule has 1 saturated heterocycles. The van der Waals surface area contributed by atoms with Gasteiger partial charge in [0.15, 0.2) is 5.11 Å². The standard InChI is InChI=1S/C31H26N4O2S/c1-36-26-12-7-9-23(21-26)34-20-8-14-28(34)30-29(27-13-5-6-19-32-27)33-31(38)35(30)22-15-17-25(18-16-22)37-24-10-3-2-4-11-24/h2-21,29-30H,1H3,(H,33,38). The molecule has 0 amide bonds. The van der Waals surface area contributed by atoms with Gasteiger partial charge in [-0.3, -0.25) is 4.98 Å².